The Balaban J connectivity index is 1.94. The Morgan fingerprint density at radius 3 is 2.82 bits per heavy atom. The molecule has 1 aliphatic rings. The topological polar surface area (TPSA) is 55.1 Å². The van der Waals surface area contributed by atoms with Crippen molar-refractivity contribution in [1.82, 2.24) is 10.3 Å². The maximum Gasteiger partial charge on any atom is 0.289 e. The molecule has 0 spiro atoms. The van der Waals surface area contributed by atoms with Gasteiger partial charge in [0.15, 0.2) is 6.39 Å². The van der Waals surface area contributed by atoms with Gasteiger partial charge in [0.25, 0.3) is 5.91 Å². The summed E-state index contributed by atoms with van der Waals surface area (Å²) in [6.07, 6.45) is 6.16. The zero-order chi connectivity index (χ0) is 12.3. The van der Waals surface area contributed by atoms with Crippen LogP contribution in [-0.4, -0.2) is 22.8 Å². The average Bonchev–Trinajstić information content (AvgIpc) is 2.95. The fourth-order valence-corrected chi connectivity index (χ4v) is 3.11. The summed E-state index contributed by atoms with van der Waals surface area (Å²) in [5.74, 6) is 0.167. The number of hydrogen-bond acceptors (Lipinski definition) is 3. The molecule has 0 atom stereocenters. The van der Waals surface area contributed by atoms with Crippen LogP contribution in [0.4, 0.5) is 0 Å². The van der Waals surface area contributed by atoms with Crippen LogP contribution in [-0.2, 0) is 0 Å². The number of carbonyl (C=O) groups excluding carboxylic acids is 1. The SMILES string of the molecule is Cc1ncoc1C(=O)NCC1(CBr)CCCC1. The average molecular weight is 301 g/mol. The van der Waals surface area contributed by atoms with E-state index in [-0.39, 0.29) is 11.3 Å². The number of halogens is 1. The van der Waals surface area contributed by atoms with Gasteiger partial charge in [-0.05, 0) is 25.2 Å². The lowest BCUT2D eigenvalue weighted by Gasteiger charge is -2.26. The zero-order valence-electron chi connectivity index (χ0n) is 9.96. The number of carbonyl (C=O) groups is 1. The molecule has 0 aromatic carbocycles. The van der Waals surface area contributed by atoms with E-state index in [1.807, 2.05) is 0 Å². The molecule has 94 valence electrons. The third kappa shape index (κ3) is 2.70. The normalized spacial score (nSPS) is 18.2. The number of amides is 1. The largest absolute Gasteiger partial charge is 0.438 e. The van der Waals surface area contributed by atoms with Gasteiger partial charge in [-0.15, -0.1) is 0 Å². The number of aromatic nitrogens is 1. The molecule has 1 heterocycles. The van der Waals surface area contributed by atoms with E-state index < -0.39 is 0 Å². The van der Waals surface area contributed by atoms with Crippen molar-refractivity contribution in [3.05, 3.63) is 17.8 Å². The Morgan fingerprint density at radius 1 is 1.59 bits per heavy atom. The Kier molecular flexibility index (Phi) is 3.86. The lowest BCUT2D eigenvalue weighted by molar-refractivity contribution is 0.0907. The van der Waals surface area contributed by atoms with Gasteiger partial charge in [0.05, 0.1) is 5.69 Å². The van der Waals surface area contributed by atoms with Crippen LogP contribution in [0.1, 0.15) is 41.9 Å². The van der Waals surface area contributed by atoms with Crippen LogP contribution in [0.2, 0.25) is 0 Å². The highest BCUT2D eigenvalue weighted by molar-refractivity contribution is 9.09. The van der Waals surface area contributed by atoms with E-state index in [9.17, 15) is 4.79 Å². The maximum absolute atomic E-state index is 11.9. The van der Waals surface area contributed by atoms with Crippen LogP contribution in [0.5, 0.6) is 0 Å². The molecule has 1 N–H and O–H groups in total. The Labute approximate surface area is 109 Å². The van der Waals surface area contributed by atoms with Crippen molar-refractivity contribution in [1.29, 1.82) is 0 Å². The van der Waals surface area contributed by atoms with Gasteiger partial charge in [-0.1, -0.05) is 28.8 Å². The minimum absolute atomic E-state index is 0.160. The Morgan fingerprint density at radius 2 is 2.29 bits per heavy atom. The molecule has 1 aliphatic carbocycles. The van der Waals surface area contributed by atoms with Crippen LogP contribution in [0, 0.1) is 12.3 Å². The minimum atomic E-state index is -0.160. The van der Waals surface area contributed by atoms with E-state index in [2.05, 4.69) is 26.2 Å². The Bertz CT molecular complexity index is 397. The second kappa shape index (κ2) is 5.21. The standard InChI is InChI=1S/C12H17BrN2O2/c1-9-10(17-8-15-9)11(16)14-7-12(6-13)4-2-3-5-12/h8H,2-7H2,1H3,(H,14,16). The van der Waals surface area contributed by atoms with Gasteiger partial charge in [-0.2, -0.15) is 0 Å². The van der Waals surface area contributed by atoms with Gasteiger partial charge >= 0.3 is 0 Å². The summed E-state index contributed by atoms with van der Waals surface area (Å²) in [6, 6.07) is 0. The molecule has 1 saturated carbocycles. The van der Waals surface area contributed by atoms with Crippen molar-refractivity contribution in [3.63, 3.8) is 0 Å². The third-order valence-electron chi connectivity index (χ3n) is 3.52. The molecule has 17 heavy (non-hydrogen) atoms. The molecule has 0 bridgehead atoms. The monoisotopic (exact) mass is 300 g/mol. The molecule has 2 rings (SSSR count). The fraction of sp³-hybridized carbons (Fsp3) is 0.667. The second-order valence-electron chi connectivity index (χ2n) is 4.79. The summed E-state index contributed by atoms with van der Waals surface area (Å²) in [6.45, 7) is 2.48. The van der Waals surface area contributed by atoms with E-state index in [4.69, 9.17) is 4.42 Å². The first-order chi connectivity index (χ1) is 8.17. The Hall–Kier alpha value is -0.840. The summed E-state index contributed by atoms with van der Waals surface area (Å²) in [5.41, 5.74) is 0.866. The number of rotatable bonds is 4. The molecule has 0 aliphatic heterocycles. The van der Waals surface area contributed by atoms with Crippen molar-refractivity contribution >= 4 is 21.8 Å². The summed E-state index contributed by atoms with van der Waals surface area (Å²) in [7, 11) is 0. The van der Waals surface area contributed by atoms with Crippen molar-refractivity contribution in [2.24, 2.45) is 5.41 Å². The predicted molar refractivity (Wildman–Crippen MR) is 68.3 cm³/mol. The fourth-order valence-electron chi connectivity index (χ4n) is 2.35. The van der Waals surface area contributed by atoms with Gasteiger partial charge in [-0.25, -0.2) is 4.98 Å². The van der Waals surface area contributed by atoms with E-state index >= 15 is 0 Å². The summed E-state index contributed by atoms with van der Waals surface area (Å²) < 4.78 is 5.07. The molecule has 0 unspecified atom stereocenters. The lowest BCUT2D eigenvalue weighted by Crippen LogP contribution is -2.37. The van der Waals surface area contributed by atoms with Crippen molar-refractivity contribution in [2.75, 3.05) is 11.9 Å². The highest BCUT2D eigenvalue weighted by Gasteiger charge is 2.33. The van der Waals surface area contributed by atoms with Gasteiger partial charge < -0.3 is 9.73 Å². The van der Waals surface area contributed by atoms with Crippen molar-refractivity contribution in [2.45, 2.75) is 32.6 Å². The van der Waals surface area contributed by atoms with Crippen LogP contribution < -0.4 is 5.32 Å². The molecule has 5 heteroatoms. The summed E-state index contributed by atoms with van der Waals surface area (Å²) >= 11 is 3.56. The van der Waals surface area contributed by atoms with Crippen LogP contribution in [0.25, 0.3) is 0 Å². The van der Waals surface area contributed by atoms with E-state index in [0.717, 1.165) is 5.33 Å². The molecule has 0 saturated heterocycles. The van der Waals surface area contributed by atoms with Crippen molar-refractivity contribution in [3.8, 4) is 0 Å². The number of hydrogen-bond donors (Lipinski definition) is 1. The summed E-state index contributed by atoms with van der Waals surface area (Å²) in [4.78, 5) is 15.8. The number of aryl methyl sites for hydroxylation is 1. The van der Waals surface area contributed by atoms with Crippen molar-refractivity contribution < 1.29 is 9.21 Å². The quantitative estimate of drug-likeness (QED) is 0.870. The van der Waals surface area contributed by atoms with Crippen LogP contribution in [0.3, 0.4) is 0 Å². The van der Waals surface area contributed by atoms with Gasteiger partial charge in [0.2, 0.25) is 5.76 Å². The molecular formula is C12H17BrN2O2. The molecule has 4 nitrogen and oxygen atoms in total. The number of nitrogens with zero attached hydrogens (tertiary/aromatic N) is 1. The predicted octanol–water partition coefficient (Wildman–Crippen LogP) is 2.67. The third-order valence-corrected chi connectivity index (χ3v) is 4.71. The molecular weight excluding hydrogens is 284 g/mol. The van der Waals surface area contributed by atoms with E-state index in [1.165, 1.54) is 32.1 Å². The van der Waals surface area contributed by atoms with E-state index in [1.54, 1.807) is 6.92 Å². The minimum Gasteiger partial charge on any atom is -0.438 e. The van der Waals surface area contributed by atoms with Crippen LogP contribution >= 0.6 is 15.9 Å². The first kappa shape index (κ1) is 12.6. The first-order valence-electron chi connectivity index (χ1n) is 5.91. The molecule has 1 fully saturated rings. The van der Waals surface area contributed by atoms with Crippen LogP contribution in [0.15, 0.2) is 10.8 Å². The smallest absolute Gasteiger partial charge is 0.289 e. The molecule has 1 aromatic heterocycles. The van der Waals surface area contributed by atoms with E-state index in [0.29, 0.717) is 18.0 Å². The number of alkyl halides is 1. The molecule has 0 radical (unpaired) electrons. The maximum atomic E-state index is 11.9. The van der Waals surface area contributed by atoms with Gasteiger partial charge in [-0.3, -0.25) is 4.79 Å². The number of nitrogens with one attached hydrogen (secondary N) is 1. The molecule has 1 aromatic rings. The highest BCUT2D eigenvalue weighted by atomic mass is 79.9. The zero-order valence-corrected chi connectivity index (χ0v) is 11.5. The first-order valence-corrected chi connectivity index (χ1v) is 7.03. The second-order valence-corrected chi connectivity index (χ2v) is 5.35. The summed E-state index contributed by atoms with van der Waals surface area (Å²) in [5, 5.41) is 3.90. The van der Waals surface area contributed by atoms with Gasteiger partial charge in [0, 0.05) is 11.9 Å². The van der Waals surface area contributed by atoms with Gasteiger partial charge in [0.1, 0.15) is 0 Å². The number of oxazole rings is 1. The lowest BCUT2D eigenvalue weighted by atomic mass is 9.89. The molecule has 1 amide bonds. The highest BCUT2D eigenvalue weighted by Crippen LogP contribution is 2.38.